The maximum Gasteiger partial charge on any atom is 0.433 e. The van der Waals surface area contributed by atoms with Gasteiger partial charge >= 0.3 is 12.2 Å². The number of halogens is 3. The summed E-state index contributed by atoms with van der Waals surface area (Å²) in [6, 6.07) is 4.27. The fraction of sp³-hybridized carbons (Fsp3) is 0.409. The molecule has 0 aromatic carbocycles. The van der Waals surface area contributed by atoms with Gasteiger partial charge in [-0.15, -0.1) is 0 Å². The van der Waals surface area contributed by atoms with Crippen molar-refractivity contribution >= 4 is 29.1 Å². The third-order valence-electron chi connectivity index (χ3n) is 5.13. The minimum atomic E-state index is -4.57. The van der Waals surface area contributed by atoms with Gasteiger partial charge in [0.25, 0.3) is 0 Å². The molecule has 2 aromatic rings. The molecule has 3 amide bonds. The number of nitrogens with one attached hydrogen (secondary N) is 1. The van der Waals surface area contributed by atoms with Crippen molar-refractivity contribution in [3.63, 3.8) is 0 Å². The van der Waals surface area contributed by atoms with Crippen LogP contribution >= 0.6 is 0 Å². The molecule has 2 aromatic heterocycles. The van der Waals surface area contributed by atoms with E-state index in [9.17, 15) is 27.6 Å². The monoisotopic (exact) mass is 463 g/mol. The van der Waals surface area contributed by atoms with Crippen LogP contribution < -0.4 is 10.2 Å². The van der Waals surface area contributed by atoms with Crippen LogP contribution in [-0.4, -0.2) is 51.7 Å². The Hall–Kier alpha value is -3.50. The van der Waals surface area contributed by atoms with Gasteiger partial charge in [-0.3, -0.25) is 19.5 Å². The van der Waals surface area contributed by atoms with E-state index < -0.39 is 23.8 Å². The molecule has 1 aliphatic rings. The highest BCUT2D eigenvalue weighted by Crippen LogP contribution is 2.31. The molecule has 8 nitrogen and oxygen atoms in total. The molecular weight excluding hydrogens is 439 g/mol. The number of amides is 3. The molecule has 1 aliphatic heterocycles. The lowest BCUT2D eigenvalue weighted by molar-refractivity contribution is -0.141. The van der Waals surface area contributed by atoms with E-state index in [-0.39, 0.29) is 42.2 Å². The zero-order chi connectivity index (χ0) is 24.3. The van der Waals surface area contributed by atoms with Crippen LogP contribution in [0.25, 0.3) is 0 Å². The number of rotatable bonds is 7. The molecule has 0 saturated carbocycles. The SMILES string of the molecule is CC(=O)c1ccc(NC(=O)CN2C(=O)N(c3ccc(C(F)(F)F)nc3)C[C@@H]2CC(C)C)cn1. The van der Waals surface area contributed by atoms with Gasteiger partial charge in [0.15, 0.2) is 5.78 Å². The first-order valence-corrected chi connectivity index (χ1v) is 10.3. The maximum absolute atomic E-state index is 13.1. The zero-order valence-corrected chi connectivity index (χ0v) is 18.4. The topological polar surface area (TPSA) is 95.5 Å². The lowest BCUT2D eigenvalue weighted by atomic mass is 10.0. The second-order valence-corrected chi connectivity index (χ2v) is 8.24. The normalized spacial score (nSPS) is 16.5. The van der Waals surface area contributed by atoms with Crippen molar-refractivity contribution in [1.82, 2.24) is 14.9 Å². The number of alkyl halides is 3. The first kappa shape index (κ1) is 24.1. The van der Waals surface area contributed by atoms with E-state index in [0.29, 0.717) is 12.1 Å². The standard InChI is InChI=1S/C22H24F3N5O3/c1-13(2)8-17-11-29(16-5-7-19(27-10-16)22(23,24)25)21(33)30(17)12-20(32)28-15-4-6-18(14(3)31)26-9-15/h4-7,9-10,13,17H,8,11-12H2,1-3H3,(H,28,32)/t17-/m0/s1. The third kappa shape index (κ3) is 5.85. The lowest BCUT2D eigenvalue weighted by Gasteiger charge is -2.23. The minimum Gasteiger partial charge on any atom is -0.323 e. The summed E-state index contributed by atoms with van der Waals surface area (Å²) in [6.45, 7) is 5.33. The number of carbonyl (C=O) groups excluding carboxylic acids is 3. The van der Waals surface area contributed by atoms with E-state index in [4.69, 9.17) is 0 Å². The summed E-state index contributed by atoms with van der Waals surface area (Å²) in [5.74, 6) is -0.436. The molecule has 11 heteroatoms. The number of hydrogen-bond acceptors (Lipinski definition) is 5. The second-order valence-electron chi connectivity index (χ2n) is 8.24. The molecule has 0 spiro atoms. The van der Waals surface area contributed by atoms with E-state index in [1.54, 1.807) is 6.07 Å². The highest BCUT2D eigenvalue weighted by Gasteiger charge is 2.40. The Morgan fingerprint density at radius 3 is 2.39 bits per heavy atom. The van der Waals surface area contributed by atoms with Crippen LogP contribution in [-0.2, 0) is 11.0 Å². The largest absolute Gasteiger partial charge is 0.433 e. The Labute approximate surface area is 188 Å². The number of nitrogens with zero attached hydrogens (tertiary/aromatic N) is 4. The van der Waals surface area contributed by atoms with Crippen molar-refractivity contribution in [3.05, 3.63) is 48.0 Å². The van der Waals surface area contributed by atoms with Gasteiger partial charge in [0.05, 0.1) is 29.8 Å². The Balaban J connectivity index is 1.74. The second kappa shape index (κ2) is 9.55. The van der Waals surface area contributed by atoms with Gasteiger partial charge in [-0.25, -0.2) is 9.78 Å². The molecular formula is C22H24F3N5O3. The van der Waals surface area contributed by atoms with E-state index in [2.05, 4.69) is 15.3 Å². The molecule has 0 unspecified atom stereocenters. The van der Waals surface area contributed by atoms with Gasteiger partial charge in [0.1, 0.15) is 17.9 Å². The molecule has 1 fully saturated rings. The van der Waals surface area contributed by atoms with Crippen LogP contribution in [0.15, 0.2) is 36.7 Å². The lowest BCUT2D eigenvalue weighted by Crippen LogP contribution is -2.41. The van der Waals surface area contributed by atoms with Crippen LogP contribution in [0.5, 0.6) is 0 Å². The predicted octanol–water partition coefficient (Wildman–Crippen LogP) is 3.99. The number of Topliss-reactive ketones (excluding diaryl/α,β-unsaturated/α-hetero) is 1. The quantitative estimate of drug-likeness (QED) is 0.627. The van der Waals surface area contributed by atoms with Crippen molar-refractivity contribution in [2.24, 2.45) is 5.92 Å². The number of anilines is 2. The van der Waals surface area contributed by atoms with E-state index in [1.165, 1.54) is 35.1 Å². The molecule has 176 valence electrons. The van der Waals surface area contributed by atoms with Crippen molar-refractivity contribution in [2.75, 3.05) is 23.3 Å². The Bertz CT molecular complexity index is 1020. The third-order valence-corrected chi connectivity index (χ3v) is 5.13. The summed E-state index contributed by atoms with van der Waals surface area (Å²) in [4.78, 5) is 47.1. The van der Waals surface area contributed by atoms with Crippen LogP contribution in [0.4, 0.5) is 29.3 Å². The number of hydrogen-bond donors (Lipinski definition) is 1. The van der Waals surface area contributed by atoms with E-state index in [1.807, 2.05) is 13.8 Å². The number of pyridine rings is 2. The molecule has 3 rings (SSSR count). The van der Waals surface area contributed by atoms with Crippen LogP contribution in [0, 0.1) is 5.92 Å². The maximum atomic E-state index is 13.1. The van der Waals surface area contributed by atoms with E-state index >= 15 is 0 Å². The molecule has 0 bridgehead atoms. The van der Waals surface area contributed by atoms with Crippen LogP contribution in [0.3, 0.4) is 0 Å². The summed E-state index contributed by atoms with van der Waals surface area (Å²) < 4.78 is 38.4. The number of urea groups is 1. The highest BCUT2D eigenvalue weighted by molar-refractivity contribution is 6.00. The molecule has 3 heterocycles. The van der Waals surface area contributed by atoms with Crippen LogP contribution in [0.1, 0.15) is 43.4 Å². The van der Waals surface area contributed by atoms with E-state index in [0.717, 1.165) is 12.3 Å². The smallest absolute Gasteiger partial charge is 0.323 e. The van der Waals surface area contributed by atoms with Crippen molar-refractivity contribution in [3.8, 4) is 0 Å². The Morgan fingerprint density at radius 2 is 1.88 bits per heavy atom. The zero-order valence-electron chi connectivity index (χ0n) is 18.4. The molecule has 1 saturated heterocycles. The molecule has 1 N–H and O–H groups in total. The first-order valence-electron chi connectivity index (χ1n) is 10.3. The summed E-state index contributed by atoms with van der Waals surface area (Å²) >= 11 is 0. The summed E-state index contributed by atoms with van der Waals surface area (Å²) in [7, 11) is 0. The van der Waals surface area contributed by atoms with Gasteiger partial charge in [-0.05, 0) is 36.6 Å². The molecule has 1 atom stereocenters. The number of ketones is 1. The molecule has 0 radical (unpaired) electrons. The Morgan fingerprint density at radius 1 is 1.15 bits per heavy atom. The van der Waals surface area contributed by atoms with Crippen molar-refractivity contribution < 1.29 is 27.6 Å². The Kier molecular flexibility index (Phi) is 6.99. The predicted molar refractivity (Wildman–Crippen MR) is 115 cm³/mol. The average Bonchev–Trinajstić information content (AvgIpc) is 3.02. The van der Waals surface area contributed by atoms with Gasteiger partial charge in [0, 0.05) is 13.5 Å². The van der Waals surface area contributed by atoms with Crippen molar-refractivity contribution in [2.45, 2.75) is 39.4 Å². The van der Waals surface area contributed by atoms with Crippen LogP contribution in [0.2, 0.25) is 0 Å². The summed E-state index contributed by atoms with van der Waals surface area (Å²) in [5, 5.41) is 2.65. The minimum absolute atomic E-state index is 0.204. The highest BCUT2D eigenvalue weighted by atomic mass is 19.4. The number of aromatic nitrogens is 2. The summed E-state index contributed by atoms with van der Waals surface area (Å²) in [6.07, 6.45) is -1.60. The van der Waals surface area contributed by atoms with Gasteiger partial charge in [-0.2, -0.15) is 13.2 Å². The average molecular weight is 463 g/mol. The molecule has 0 aliphatic carbocycles. The number of carbonyl (C=O) groups is 3. The van der Waals surface area contributed by atoms with Crippen molar-refractivity contribution in [1.29, 1.82) is 0 Å². The van der Waals surface area contributed by atoms with Gasteiger partial charge in [0.2, 0.25) is 5.91 Å². The fourth-order valence-corrected chi connectivity index (χ4v) is 3.60. The first-order chi connectivity index (χ1) is 15.5. The molecule has 33 heavy (non-hydrogen) atoms. The summed E-state index contributed by atoms with van der Waals surface area (Å²) in [5.41, 5.74) is -0.174. The fourth-order valence-electron chi connectivity index (χ4n) is 3.60. The van der Waals surface area contributed by atoms with Gasteiger partial charge in [-0.1, -0.05) is 13.8 Å². The van der Waals surface area contributed by atoms with Gasteiger partial charge < -0.3 is 10.2 Å².